The number of ether oxygens (including phenoxy) is 2. The summed E-state index contributed by atoms with van der Waals surface area (Å²) in [5.41, 5.74) is 0.562. The lowest BCUT2D eigenvalue weighted by atomic mass is 9.83. The highest BCUT2D eigenvalue weighted by molar-refractivity contribution is 5.41. The molecule has 2 nitrogen and oxygen atoms in total. The van der Waals surface area contributed by atoms with E-state index in [1.165, 1.54) is 32.1 Å². The fraction of sp³-hybridized carbons (Fsp3) is 0.667. The molecule has 3 rings (SSSR count). The van der Waals surface area contributed by atoms with Crippen molar-refractivity contribution in [3.05, 3.63) is 23.5 Å². The summed E-state index contributed by atoms with van der Waals surface area (Å²) >= 11 is 0. The van der Waals surface area contributed by atoms with Gasteiger partial charge in [-0.05, 0) is 43.7 Å². The van der Waals surface area contributed by atoms with Crippen LogP contribution in [-0.4, -0.2) is 13.2 Å². The monoisotopic (exact) mass is 292 g/mol. The van der Waals surface area contributed by atoms with Crippen molar-refractivity contribution in [3.63, 3.8) is 0 Å². The van der Waals surface area contributed by atoms with Crippen LogP contribution >= 0.6 is 0 Å². The Morgan fingerprint density at radius 2 is 1.52 bits per heavy atom. The van der Waals surface area contributed by atoms with E-state index in [0.29, 0.717) is 30.3 Å². The minimum atomic E-state index is -0.271. The highest BCUT2D eigenvalue weighted by Crippen LogP contribution is 2.34. The second-order valence-corrected chi connectivity index (χ2v) is 6.52. The molecule has 0 aromatic heterocycles. The van der Waals surface area contributed by atoms with Crippen molar-refractivity contribution in [1.29, 1.82) is 0 Å². The van der Waals surface area contributed by atoms with Crippen molar-refractivity contribution < 1.29 is 13.9 Å². The Kier molecular flexibility index (Phi) is 4.67. The molecule has 0 amide bonds. The molecule has 21 heavy (non-hydrogen) atoms. The van der Waals surface area contributed by atoms with Crippen LogP contribution in [0.1, 0.15) is 50.5 Å². The molecule has 0 radical (unpaired) electrons. The summed E-state index contributed by atoms with van der Waals surface area (Å²) in [5.74, 6) is 2.37. The summed E-state index contributed by atoms with van der Waals surface area (Å²) in [6, 6.07) is 3.54. The first-order valence-electron chi connectivity index (χ1n) is 8.28. The fourth-order valence-corrected chi connectivity index (χ4v) is 2.77. The zero-order valence-electron chi connectivity index (χ0n) is 12.9. The Balaban J connectivity index is 1.50. The Morgan fingerprint density at radius 3 is 2.10 bits per heavy atom. The van der Waals surface area contributed by atoms with Crippen molar-refractivity contribution in [2.24, 2.45) is 11.8 Å². The molecule has 116 valence electrons. The van der Waals surface area contributed by atoms with Crippen LogP contribution in [0.5, 0.6) is 11.5 Å². The molecule has 0 aliphatic heterocycles. The predicted octanol–water partition coefficient (Wildman–Crippen LogP) is 4.88. The van der Waals surface area contributed by atoms with Crippen molar-refractivity contribution in [2.45, 2.75) is 51.9 Å². The molecule has 1 aromatic carbocycles. The van der Waals surface area contributed by atoms with E-state index in [4.69, 9.17) is 9.47 Å². The molecule has 3 heteroatoms. The first-order chi connectivity index (χ1) is 10.2. The number of hydrogen-bond acceptors (Lipinski definition) is 2. The molecule has 0 heterocycles. The van der Waals surface area contributed by atoms with E-state index in [2.05, 4.69) is 0 Å². The normalized spacial score (nSPS) is 18.4. The average Bonchev–Trinajstić information content (AvgIpc) is 3.23. The summed E-state index contributed by atoms with van der Waals surface area (Å²) in [6.45, 7) is 3.07. The molecule has 2 aliphatic rings. The molecule has 0 saturated heterocycles. The second-order valence-electron chi connectivity index (χ2n) is 6.52. The number of hydrogen-bond donors (Lipinski definition) is 0. The van der Waals surface area contributed by atoms with Crippen LogP contribution < -0.4 is 9.47 Å². The third-order valence-electron chi connectivity index (χ3n) is 4.79. The van der Waals surface area contributed by atoms with E-state index in [-0.39, 0.29) is 5.82 Å². The Labute approximate surface area is 126 Å². The number of benzene rings is 1. The highest BCUT2D eigenvalue weighted by atomic mass is 19.1. The molecule has 1 aromatic rings. The van der Waals surface area contributed by atoms with Crippen LogP contribution in [0.25, 0.3) is 0 Å². The van der Waals surface area contributed by atoms with E-state index in [1.54, 1.807) is 13.0 Å². The van der Waals surface area contributed by atoms with Gasteiger partial charge in [0.15, 0.2) is 11.6 Å². The highest BCUT2D eigenvalue weighted by Gasteiger charge is 2.21. The molecular formula is C18H25FO2. The van der Waals surface area contributed by atoms with E-state index in [9.17, 15) is 4.39 Å². The van der Waals surface area contributed by atoms with Crippen molar-refractivity contribution in [1.82, 2.24) is 0 Å². The Hall–Kier alpha value is -1.25. The number of halogens is 1. The largest absolute Gasteiger partial charge is 0.493 e. The van der Waals surface area contributed by atoms with E-state index < -0.39 is 0 Å². The first kappa shape index (κ1) is 14.7. The van der Waals surface area contributed by atoms with Crippen molar-refractivity contribution >= 4 is 0 Å². The third-order valence-corrected chi connectivity index (χ3v) is 4.79. The zero-order chi connectivity index (χ0) is 14.7. The van der Waals surface area contributed by atoms with Gasteiger partial charge in [0.2, 0.25) is 0 Å². The minimum Gasteiger partial charge on any atom is -0.493 e. The molecule has 0 unspecified atom stereocenters. The van der Waals surface area contributed by atoms with Gasteiger partial charge in [-0.25, -0.2) is 4.39 Å². The molecular weight excluding hydrogens is 267 g/mol. The van der Waals surface area contributed by atoms with Crippen molar-refractivity contribution in [2.75, 3.05) is 13.2 Å². The summed E-state index contributed by atoms with van der Waals surface area (Å²) < 4.78 is 25.6. The molecule has 2 fully saturated rings. The van der Waals surface area contributed by atoms with Gasteiger partial charge in [-0.3, -0.25) is 0 Å². The van der Waals surface area contributed by atoms with E-state index >= 15 is 0 Å². The van der Waals surface area contributed by atoms with Gasteiger partial charge in [-0.15, -0.1) is 0 Å². The van der Waals surface area contributed by atoms with Crippen molar-refractivity contribution in [3.8, 4) is 11.5 Å². The zero-order valence-corrected chi connectivity index (χ0v) is 12.9. The molecule has 0 N–H and O–H groups in total. The lowest BCUT2D eigenvalue weighted by Crippen LogP contribution is -2.14. The number of rotatable bonds is 8. The summed E-state index contributed by atoms with van der Waals surface area (Å²) in [7, 11) is 0. The standard InChI is InChI=1S/C18H25FO2/c1-13-16(20-11-10-15-5-6-15)7-8-17(18(13)19)21-12-9-14-3-2-4-14/h7-8,14-15H,2-6,9-12H2,1H3. The lowest BCUT2D eigenvalue weighted by Gasteiger charge is -2.25. The maximum atomic E-state index is 14.3. The van der Waals surface area contributed by atoms with Crippen LogP contribution in [0.3, 0.4) is 0 Å². The Morgan fingerprint density at radius 1 is 0.952 bits per heavy atom. The van der Waals surface area contributed by atoms with Gasteiger partial charge in [0.05, 0.1) is 13.2 Å². The van der Waals surface area contributed by atoms with E-state index in [0.717, 1.165) is 24.7 Å². The van der Waals surface area contributed by atoms with Crippen LogP contribution in [0, 0.1) is 24.6 Å². The maximum Gasteiger partial charge on any atom is 0.171 e. The van der Waals surface area contributed by atoms with Gasteiger partial charge in [0.25, 0.3) is 0 Å². The lowest BCUT2D eigenvalue weighted by molar-refractivity contribution is 0.216. The summed E-state index contributed by atoms with van der Waals surface area (Å²) in [6.07, 6.45) is 8.72. The Bertz CT molecular complexity index is 478. The quantitative estimate of drug-likeness (QED) is 0.679. The summed E-state index contributed by atoms with van der Waals surface area (Å²) in [4.78, 5) is 0. The minimum absolute atomic E-state index is 0.271. The van der Waals surface area contributed by atoms with Crippen LogP contribution in [-0.2, 0) is 0 Å². The summed E-state index contributed by atoms with van der Waals surface area (Å²) in [5, 5.41) is 0. The molecule has 0 spiro atoms. The smallest absolute Gasteiger partial charge is 0.171 e. The van der Waals surface area contributed by atoms with Gasteiger partial charge in [-0.1, -0.05) is 32.1 Å². The van der Waals surface area contributed by atoms with Crippen LogP contribution in [0.4, 0.5) is 4.39 Å². The molecule has 0 atom stereocenters. The second kappa shape index (κ2) is 6.67. The SMILES string of the molecule is Cc1c(OCCC2CC2)ccc(OCCC2CCC2)c1F. The molecule has 2 saturated carbocycles. The van der Waals surface area contributed by atoms with Crippen LogP contribution in [0.15, 0.2) is 12.1 Å². The van der Waals surface area contributed by atoms with Gasteiger partial charge in [0.1, 0.15) is 5.75 Å². The maximum absolute atomic E-state index is 14.3. The fourth-order valence-electron chi connectivity index (χ4n) is 2.77. The molecule has 2 aliphatic carbocycles. The first-order valence-corrected chi connectivity index (χ1v) is 8.28. The van der Waals surface area contributed by atoms with Gasteiger partial charge < -0.3 is 9.47 Å². The van der Waals surface area contributed by atoms with Gasteiger partial charge >= 0.3 is 0 Å². The topological polar surface area (TPSA) is 18.5 Å². The van der Waals surface area contributed by atoms with E-state index in [1.807, 2.05) is 6.07 Å². The predicted molar refractivity (Wildman–Crippen MR) is 81.4 cm³/mol. The van der Waals surface area contributed by atoms with Crippen LogP contribution in [0.2, 0.25) is 0 Å². The van der Waals surface area contributed by atoms with Gasteiger partial charge in [0, 0.05) is 5.56 Å². The third kappa shape index (κ3) is 3.90. The van der Waals surface area contributed by atoms with Gasteiger partial charge in [-0.2, -0.15) is 0 Å². The molecule has 0 bridgehead atoms. The average molecular weight is 292 g/mol.